The van der Waals surface area contributed by atoms with E-state index in [9.17, 15) is 0 Å². The third-order valence-electron chi connectivity index (χ3n) is 5.59. The number of benzene rings is 4. The number of hydrogen-bond donors (Lipinski definition) is 0. The molecule has 0 atom stereocenters. The van der Waals surface area contributed by atoms with Gasteiger partial charge in [0, 0.05) is 0 Å². The van der Waals surface area contributed by atoms with Crippen LogP contribution in [-0.2, 0) is 34.3 Å². The molecule has 0 amide bonds. The molecule has 0 N–H and O–H groups in total. The van der Waals surface area contributed by atoms with Gasteiger partial charge >= 0.3 is 37.9 Å². The number of fused-ring (bicyclic) bond motifs is 2. The number of hydrogen-bond acceptors (Lipinski definition) is 1. The van der Waals surface area contributed by atoms with E-state index >= 15 is 0 Å². The summed E-state index contributed by atoms with van der Waals surface area (Å²) in [6, 6.07) is 44.7. The largest absolute Gasteiger partial charge is 0.813 e. The van der Waals surface area contributed by atoms with Crippen LogP contribution < -0.4 is 0 Å². The Labute approximate surface area is 240 Å². The van der Waals surface area contributed by atoms with E-state index in [1.54, 1.807) is 0 Å². The first-order valence-electron chi connectivity index (χ1n) is 10.8. The molecule has 0 spiro atoms. The molecule has 35 heavy (non-hydrogen) atoms. The van der Waals surface area contributed by atoms with Crippen LogP contribution in [0.2, 0.25) is 0 Å². The molecule has 5 heteroatoms. The van der Waals surface area contributed by atoms with E-state index < -0.39 is 20.8 Å². The van der Waals surface area contributed by atoms with E-state index in [1.165, 1.54) is 43.8 Å². The third-order valence-corrected chi connectivity index (χ3v) is 6.08. The van der Waals surface area contributed by atoms with Crippen molar-refractivity contribution in [3.05, 3.63) is 132 Å². The van der Waals surface area contributed by atoms with Gasteiger partial charge in [-0.15, -0.1) is 65.7 Å². The Balaban J connectivity index is 0.000000172. The maximum absolute atomic E-state index is 4.93. The molecule has 0 heterocycles. The van der Waals surface area contributed by atoms with Crippen LogP contribution in [0, 0.1) is 0 Å². The number of rotatable bonds is 2. The molecule has 0 aliphatic rings. The van der Waals surface area contributed by atoms with Crippen LogP contribution in [0.25, 0.3) is 43.8 Å². The minimum Gasteiger partial charge on any atom is -0.813 e. The minimum atomic E-state index is -0.826. The van der Waals surface area contributed by atoms with Crippen molar-refractivity contribution in [3.63, 3.8) is 0 Å². The minimum absolute atomic E-state index is 0. The molecular weight excluding hydrogens is 634 g/mol. The van der Waals surface area contributed by atoms with E-state index in [1.807, 2.05) is 6.07 Å². The van der Waals surface area contributed by atoms with Crippen LogP contribution in [-0.4, -0.2) is 0 Å². The molecule has 0 unspecified atom stereocenters. The SMILES string of the molecule is Brc1ccc2cc[c-](-c3ccccc3)c2c1.[Cl][Zr][Cl].[SH-].c1ccc(-[c-]2ccc3ccccc32)cc1. The van der Waals surface area contributed by atoms with E-state index in [4.69, 9.17) is 17.0 Å². The Kier molecular flexibility index (Phi) is 11.4. The predicted octanol–water partition coefficient (Wildman–Crippen LogP) is 10.3. The van der Waals surface area contributed by atoms with Gasteiger partial charge in [0.1, 0.15) is 0 Å². The normalized spacial score (nSPS) is 9.91. The summed E-state index contributed by atoms with van der Waals surface area (Å²) in [7, 11) is 9.87. The molecule has 0 bridgehead atoms. The molecule has 0 saturated heterocycles. The first-order valence-corrected chi connectivity index (χ1v) is 17.9. The van der Waals surface area contributed by atoms with Crippen LogP contribution in [0.5, 0.6) is 0 Å². The molecule has 6 aromatic carbocycles. The van der Waals surface area contributed by atoms with Gasteiger partial charge < -0.3 is 13.5 Å². The van der Waals surface area contributed by atoms with E-state index in [2.05, 4.69) is 137 Å². The van der Waals surface area contributed by atoms with Crippen molar-refractivity contribution in [2.24, 2.45) is 0 Å². The van der Waals surface area contributed by atoms with Crippen LogP contribution in [0.4, 0.5) is 0 Å². The maximum Gasteiger partial charge on any atom is -0.0746 e. The van der Waals surface area contributed by atoms with Gasteiger partial charge in [-0.25, -0.2) is 0 Å². The van der Waals surface area contributed by atoms with Gasteiger partial charge in [-0.2, -0.15) is 0 Å². The fraction of sp³-hybridized carbons (Fsp3) is 0. The molecule has 0 aromatic heterocycles. The second-order valence-electron chi connectivity index (χ2n) is 7.62. The summed E-state index contributed by atoms with van der Waals surface area (Å²) in [6.07, 6.45) is 0. The fourth-order valence-electron chi connectivity index (χ4n) is 4.06. The van der Waals surface area contributed by atoms with Crippen molar-refractivity contribution >= 4 is 68.0 Å². The third kappa shape index (κ3) is 7.22. The summed E-state index contributed by atoms with van der Waals surface area (Å²) in [4.78, 5) is 0. The molecule has 176 valence electrons. The average Bonchev–Trinajstić information content (AvgIpc) is 3.50. The molecule has 0 aliphatic carbocycles. The molecular formula is C30H22BrCl2SZr-3. The second-order valence-corrected chi connectivity index (χ2v) is 12.3. The van der Waals surface area contributed by atoms with Gasteiger partial charge in [-0.3, -0.25) is 0 Å². The molecule has 6 aromatic rings. The predicted molar refractivity (Wildman–Crippen MR) is 158 cm³/mol. The molecule has 0 aliphatic heterocycles. The molecule has 0 radical (unpaired) electrons. The van der Waals surface area contributed by atoms with Crippen molar-refractivity contribution in [1.82, 2.24) is 0 Å². The zero-order chi connectivity index (χ0) is 23.8. The van der Waals surface area contributed by atoms with Gasteiger partial charge in [0.15, 0.2) is 0 Å². The van der Waals surface area contributed by atoms with E-state index in [-0.39, 0.29) is 13.5 Å². The smallest absolute Gasteiger partial charge is 0.0746 e. The van der Waals surface area contributed by atoms with Crippen LogP contribution in [0.1, 0.15) is 0 Å². The summed E-state index contributed by atoms with van der Waals surface area (Å²) in [6.45, 7) is 0. The number of halogens is 3. The van der Waals surface area contributed by atoms with E-state index in [0.29, 0.717) is 0 Å². The van der Waals surface area contributed by atoms with Crippen molar-refractivity contribution in [1.29, 1.82) is 0 Å². The second kappa shape index (κ2) is 14.2. The average molecular weight is 657 g/mol. The standard InChI is InChI=1S/C15H10Br.C15H11.2ClH.H2S.Zr/c16-13-8-6-12-7-9-14(15(12)10-13)11-4-2-1-3-5-11;1-2-6-12(7-3-1)15-11-10-13-8-4-5-9-14(13)15;;;;/h1-10H;1-11H;2*1H;1H2;/q2*-1;;;;+2/p-3. The van der Waals surface area contributed by atoms with Gasteiger partial charge in [0.05, 0.1) is 0 Å². The van der Waals surface area contributed by atoms with E-state index in [0.717, 1.165) is 4.47 Å². The van der Waals surface area contributed by atoms with Crippen molar-refractivity contribution < 1.29 is 20.8 Å². The van der Waals surface area contributed by atoms with Gasteiger partial charge in [0.25, 0.3) is 0 Å². The Morgan fingerprint density at radius 3 is 1.57 bits per heavy atom. The van der Waals surface area contributed by atoms with Crippen LogP contribution >= 0.6 is 33.0 Å². The Bertz CT molecular complexity index is 1460. The van der Waals surface area contributed by atoms with Crippen molar-refractivity contribution in [2.45, 2.75) is 0 Å². The summed E-state index contributed by atoms with van der Waals surface area (Å²) in [5, 5.41) is 5.25. The van der Waals surface area contributed by atoms with Gasteiger partial charge in [-0.05, 0) is 4.47 Å². The Hall–Kier alpha value is -1.61. The number of thiol groups is 1. The van der Waals surface area contributed by atoms with Crippen molar-refractivity contribution in [3.8, 4) is 22.3 Å². The Morgan fingerprint density at radius 2 is 1.00 bits per heavy atom. The molecule has 0 fully saturated rings. The zero-order valence-electron chi connectivity index (χ0n) is 18.7. The summed E-state index contributed by atoms with van der Waals surface area (Å²) in [5.41, 5.74) is 5.19. The van der Waals surface area contributed by atoms with Crippen LogP contribution in [0.15, 0.2) is 132 Å². The topological polar surface area (TPSA) is 0 Å². The first-order chi connectivity index (χ1) is 16.7. The van der Waals surface area contributed by atoms with Gasteiger partial charge in [0.2, 0.25) is 0 Å². The monoisotopic (exact) mass is 653 g/mol. The quantitative estimate of drug-likeness (QED) is 0.102. The fourth-order valence-corrected chi connectivity index (χ4v) is 4.42. The first kappa shape index (κ1) is 28.0. The zero-order valence-corrected chi connectivity index (χ0v) is 25.2. The molecule has 0 nitrogen and oxygen atoms in total. The molecule has 6 rings (SSSR count). The summed E-state index contributed by atoms with van der Waals surface area (Å²) >= 11 is 2.70. The van der Waals surface area contributed by atoms with Crippen molar-refractivity contribution in [2.75, 3.05) is 0 Å². The van der Waals surface area contributed by atoms with Gasteiger partial charge in [-0.1, -0.05) is 121 Å². The summed E-state index contributed by atoms with van der Waals surface area (Å²) in [5.74, 6) is 0. The molecule has 0 saturated carbocycles. The summed E-state index contributed by atoms with van der Waals surface area (Å²) < 4.78 is 1.13. The maximum atomic E-state index is 4.93. The Morgan fingerprint density at radius 1 is 0.543 bits per heavy atom. The van der Waals surface area contributed by atoms with Crippen LogP contribution in [0.3, 0.4) is 0 Å².